The highest BCUT2D eigenvalue weighted by Gasteiger charge is 2.21. The summed E-state index contributed by atoms with van der Waals surface area (Å²) >= 11 is 0. The van der Waals surface area contributed by atoms with Gasteiger partial charge in [-0.05, 0) is 31.5 Å². The van der Waals surface area contributed by atoms with Crippen LogP contribution in [0.1, 0.15) is 20.8 Å². The molecule has 1 aromatic rings. The first kappa shape index (κ1) is 21.9. The highest BCUT2D eigenvalue weighted by Crippen LogP contribution is 2.15. The van der Waals surface area contributed by atoms with Gasteiger partial charge in [-0.3, -0.25) is 4.99 Å². The molecule has 1 unspecified atom stereocenters. The van der Waals surface area contributed by atoms with Crippen LogP contribution in [-0.4, -0.2) is 99.2 Å². The van der Waals surface area contributed by atoms with Crippen LogP contribution in [0.5, 0.6) is 0 Å². The quantitative estimate of drug-likeness (QED) is 0.560. The third kappa shape index (κ3) is 6.61. The molecular formula is C23H40N6. The Morgan fingerprint density at radius 3 is 2.21 bits per heavy atom. The molecule has 2 aliphatic rings. The summed E-state index contributed by atoms with van der Waals surface area (Å²) < 4.78 is 0. The Kier molecular flexibility index (Phi) is 8.62. The lowest BCUT2D eigenvalue weighted by molar-refractivity contribution is 0.125. The Morgan fingerprint density at radius 2 is 1.59 bits per heavy atom. The van der Waals surface area contributed by atoms with Crippen molar-refractivity contribution in [3.63, 3.8) is 0 Å². The van der Waals surface area contributed by atoms with Gasteiger partial charge >= 0.3 is 0 Å². The molecule has 1 atom stereocenters. The number of nitrogens with one attached hydrogen (secondary N) is 1. The number of likely N-dealkylation sites (N-methyl/N-ethyl adjacent to an activating group) is 1. The number of anilines is 1. The van der Waals surface area contributed by atoms with E-state index in [0.29, 0.717) is 5.92 Å². The highest BCUT2D eigenvalue weighted by molar-refractivity contribution is 5.80. The third-order valence-corrected chi connectivity index (χ3v) is 6.07. The first-order valence-corrected chi connectivity index (χ1v) is 11.5. The zero-order valence-corrected chi connectivity index (χ0v) is 18.7. The van der Waals surface area contributed by atoms with Crippen molar-refractivity contribution in [2.24, 2.45) is 10.9 Å². The van der Waals surface area contributed by atoms with E-state index >= 15 is 0 Å². The van der Waals surface area contributed by atoms with Crippen LogP contribution in [0.25, 0.3) is 0 Å². The molecule has 2 heterocycles. The molecule has 1 aromatic carbocycles. The van der Waals surface area contributed by atoms with E-state index < -0.39 is 0 Å². The van der Waals surface area contributed by atoms with Gasteiger partial charge in [0.1, 0.15) is 0 Å². The zero-order valence-electron chi connectivity index (χ0n) is 18.7. The maximum absolute atomic E-state index is 5.01. The van der Waals surface area contributed by atoms with Crippen LogP contribution in [0.15, 0.2) is 35.3 Å². The lowest BCUT2D eigenvalue weighted by atomic mass is 10.1. The van der Waals surface area contributed by atoms with E-state index in [2.05, 4.69) is 76.0 Å². The minimum absolute atomic E-state index is 0.586. The molecule has 162 valence electrons. The van der Waals surface area contributed by atoms with Gasteiger partial charge in [-0.25, -0.2) is 0 Å². The van der Waals surface area contributed by atoms with Gasteiger partial charge in [0.25, 0.3) is 0 Å². The number of hydrogen-bond acceptors (Lipinski definition) is 4. The van der Waals surface area contributed by atoms with E-state index in [0.717, 1.165) is 51.8 Å². The molecule has 2 aliphatic heterocycles. The standard InChI is InChI=1S/C23H40N6/c1-4-24-23(25-19-21(3)20-27-13-11-26(5-2)12-14-27)29-17-15-28(16-18-29)22-9-7-6-8-10-22/h6-10,21H,4-5,11-20H2,1-3H3,(H,24,25). The van der Waals surface area contributed by atoms with Crippen molar-refractivity contribution >= 4 is 11.6 Å². The average Bonchev–Trinajstić information content (AvgIpc) is 2.78. The average molecular weight is 401 g/mol. The molecular weight excluding hydrogens is 360 g/mol. The molecule has 3 rings (SSSR count). The third-order valence-electron chi connectivity index (χ3n) is 6.07. The molecule has 0 spiro atoms. The van der Waals surface area contributed by atoms with Crippen molar-refractivity contribution in [1.82, 2.24) is 20.0 Å². The summed E-state index contributed by atoms with van der Waals surface area (Å²) in [4.78, 5) is 15.1. The molecule has 0 aliphatic carbocycles. The Balaban J connectivity index is 1.47. The lowest BCUT2D eigenvalue weighted by Crippen LogP contribution is -2.52. The largest absolute Gasteiger partial charge is 0.368 e. The predicted molar refractivity (Wildman–Crippen MR) is 124 cm³/mol. The Bertz CT molecular complexity index is 603. The van der Waals surface area contributed by atoms with Gasteiger partial charge in [0.05, 0.1) is 0 Å². The summed E-state index contributed by atoms with van der Waals surface area (Å²) in [7, 11) is 0. The molecule has 2 saturated heterocycles. The maximum atomic E-state index is 5.01. The van der Waals surface area contributed by atoms with Crippen LogP contribution in [0.4, 0.5) is 5.69 Å². The molecule has 6 nitrogen and oxygen atoms in total. The fraction of sp³-hybridized carbons (Fsp3) is 0.696. The Morgan fingerprint density at radius 1 is 0.931 bits per heavy atom. The van der Waals surface area contributed by atoms with Gasteiger partial charge in [0, 0.05) is 77.7 Å². The number of hydrogen-bond donors (Lipinski definition) is 1. The topological polar surface area (TPSA) is 37.4 Å². The van der Waals surface area contributed by atoms with Crippen LogP contribution in [0.2, 0.25) is 0 Å². The smallest absolute Gasteiger partial charge is 0.194 e. The molecule has 0 amide bonds. The molecule has 0 saturated carbocycles. The van der Waals surface area contributed by atoms with Crippen molar-refractivity contribution in [2.45, 2.75) is 20.8 Å². The van der Waals surface area contributed by atoms with Crippen molar-refractivity contribution in [2.75, 3.05) is 83.4 Å². The zero-order chi connectivity index (χ0) is 20.5. The summed E-state index contributed by atoms with van der Waals surface area (Å²) in [6, 6.07) is 10.7. The van der Waals surface area contributed by atoms with Crippen LogP contribution >= 0.6 is 0 Å². The van der Waals surface area contributed by atoms with Crippen molar-refractivity contribution < 1.29 is 0 Å². The second-order valence-electron chi connectivity index (χ2n) is 8.34. The molecule has 0 radical (unpaired) electrons. The summed E-state index contributed by atoms with van der Waals surface area (Å²) in [6.45, 7) is 19.9. The second kappa shape index (κ2) is 11.4. The van der Waals surface area contributed by atoms with E-state index in [1.807, 2.05) is 0 Å². The normalized spacial score (nSPS) is 20.7. The van der Waals surface area contributed by atoms with Gasteiger partial charge < -0.3 is 24.9 Å². The van der Waals surface area contributed by atoms with Crippen molar-refractivity contribution in [3.8, 4) is 0 Å². The van der Waals surface area contributed by atoms with Crippen LogP contribution in [0.3, 0.4) is 0 Å². The molecule has 0 bridgehead atoms. The van der Waals surface area contributed by atoms with Gasteiger partial charge in [-0.1, -0.05) is 32.0 Å². The second-order valence-corrected chi connectivity index (χ2v) is 8.34. The first-order valence-electron chi connectivity index (χ1n) is 11.5. The van der Waals surface area contributed by atoms with E-state index in [-0.39, 0.29) is 0 Å². The molecule has 2 fully saturated rings. The molecule has 6 heteroatoms. The molecule has 29 heavy (non-hydrogen) atoms. The monoisotopic (exact) mass is 400 g/mol. The fourth-order valence-electron chi connectivity index (χ4n) is 4.27. The number of piperazine rings is 2. The van der Waals surface area contributed by atoms with E-state index in [4.69, 9.17) is 4.99 Å². The molecule has 0 aromatic heterocycles. The number of guanidine groups is 1. The lowest BCUT2D eigenvalue weighted by Gasteiger charge is -2.38. The predicted octanol–water partition coefficient (Wildman–Crippen LogP) is 2.05. The summed E-state index contributed by atoms with van der Waals surface area (Å²) in [5.74, 6) is 1.67. The van der Waals surface area contributed by atoms with E-state index in [1.54, 1.807) is 0 Å². The SMILES string of the molecule is CCNC(=NCC(C)CN1CCN(CC)CC1)N1CCN(c2ccccc2)CC1. The van der Waals surface area contributed by atoms with Crippen molar-refractivity contribution in [1.29, 1.82) is 0 Å². The number of rotatable bonds is 7. The fourth-order valence-corrected chi connectivity index (χ4v) is 4.27. The summed E-state index contributed by atoms with van der Waals surface area (Å²) in [6.07, 6.45) is 0. The number of aliphatic imine (C=N–C) groups is 1. The maximum Gasteiger partial charge on any atom is 0.194 e. The summed E-state index contributed by atoms with van der Waals surface area (Å²) in [5.41, 5.74) is 1.32. The first-order chi connectivity index (χ1) is 14.2. The summed E-state index contributed by atoms with van der Waals surface area (Å²) in [5, 5.41) is 3.52. The van der Waals surface area contributed by atoms with Gasteiger partial charge in [-0.2, -0.15) is 0 Å². The molecule has 1 N–H and O–H groups in total. The van der Waals surface area contributed by atoms with Gasteiger partial charge in [0.15, 0.2) is 5.96 Å². The van der Waals surface area contributed by atoms with E-state index in [9.17, 15) is 0 Å². The highest BCUT2D eigenvalue weighted by atomic mass is 15.3. The number of benzene rings is 1. The van der Waals surface area contributed by atoms with E-state index in [1.165, 1.54) is 38.4 Å². The number of nitrogens with zero attached hydrogens (tertiary/aromatic N) is 5. The van der Waals surface area contributed by atoms with Gasteiger partial charge in [0.2, 0.25) is 0 Å². The van der Waals surface area contributed by atoms with Gasteiger partial charge in [-0.15, -0.1) is 0 Å². The van der Waals surface area contributed by atoms with Crippen molar-refractivity contribution in [3.05, 3.63) is 30.3 Å². The van der Waals surface area contributed by atoms with Crippen LogP contribution < -0.4 is 10.2 Å². The minimum atomic E-state index is 0.586. The Labute approximate surface area is 177 Å². The van der Waals surface area contributed by atoms with Crippen LogP contribution in [-0.2, 0) is 0 Å². The Hall–Kier alpha value is -1.79. The minimum Gasteiger partial charge on any atom is -0.368 e. The number of para-hydroxylation sites is 1. The van der Waals surface area contributed by atoms with Crippen LogP contribution in [0, 0.1) is 5.92 Å².